The monoisotopic (exact) mass is 855 g/mol. The molecule has 284 valence electrons. The number of quaternary nitrogens is 1. The minimum absolute atomic E-state index is 0. The van der Waals surface area contributed by atoms with Gasteiger partial charge in [-0.2, -0.15) is 13.2 Å². The number of benzene rings is 2. The van der Waals surface area contributed by atoms with E-state index in [-0.39, 0.29) is 71.5 Å². The number of hydrogen-bond acceptors (Lipinski definition) is 7. The van der Waals surface area contributed by atoms with Crippen molar-refractivity contribution >= 4 is 59.0 Å². The molecule has 0 bridgehead atoms. The molecular weight excluding hydrogens is 815 g/mol. The number of likely N-dealkylation sites (N-methyl/N-ethyl adjacent to an activating group) is 1. The Kier molecular flexibility index (Phi) is 12.3. The summed E-state index contributed by atoms with van der Waals surface area (Å²) in [4.78, 5) is 49.0. The Labute approximate surface area is 319 Å². The van der Waals surface area contributed by atoms with Gasteiger partial charge in [0.05, 0.1) is 51.7 Å². The van der Waals surface area contributed by atoms with Crippen LogP contribution in [-0.2, 0) is 11.2 Å². The van der Waals surface area contributed by atoms with E-state index < -0.39 is 30.1 Å². The zero-order chi connectivity index (χ0) is 37.2. The molecule has 2 aromatic heterocycles. The van der Waals surface area contributed by atoms with Gasteiger partial charge in [-0.1, -0.05) is 6.92 Å². The van der Waals surface area contributed by atoms with Crippen LogP contribution in [-0.4, -0.2) is 118 Å². The van der Waals surface area contributed by atoms with Crippen molar-refractivity contribution in [2.75, 3.05) is 64.7 Å². The number of carboxylic acid groups (broad SMARTS) is 1. The number of anilines is 2. The molecule has 0 saturated carbocycles. The molecule has 2 aromatic carbocycles. The van der Waals surface area contributed by atoms with Crippen LogP contribution in [0.15, 0.2) is 48.9 Å². The molecule has 0 radical (unpaired) electrons. The maximum absolute atomic E-state index is 14.9. The zero-order valence-electron chi connectivity index (χ0n) is 29.0. The predicted octanol–water partition coefficient (Wildman–Crippen LogP) is 5.22. The molecule has 2 aliphatic heterocycles. The van der Waals surface area contributed by atoms with Gasteiger partial charge < -0.3 is 34.8 Å². The summed E-state index contributed by atoms with van der Waals surface area (Å²) < 4.78 is 60.8. The van der Waals surface area contributed by atoms with Gasteiger partial charge >= 0.3 is 12.7 Å². The number of hydrogen-bond donors (Lipinski definition) is 3. The maximum atomic E-state index is 14.9. The second kappa shape index (κ2) is 16.5. The van der Waals surface area contributed by atoms with Crippen molar-refractivity contribution in [1.29, 1.82) is 0 Å². The van der Waals surface area contributed by atoms with Crippen molar-refractivity contribution in [1.82, 2.24) is 29.5 Å². The number of alkyl halides is 2. The molecule has 2 saturated heterocycles. The minimum atomic E-state index is -3.31. The summed E-state index contributed by atoms with van der Waals surface area (Å²) in [6.45, 7) is 3.57. The molecular formula is C35H40F4IN8O5+. The van der Waals surface area contributed by atoms with Gasteiger partial charge in [0.1, 0.15) is 0 Å². The first-order valence-corrected chi connectivity index (χ1v) is 16.9. The van der Waals surface area contributed by atoms with Gasteiger partial charge in [-0.25, -0.2) is 19.2 Å². The van der Waals surface area contributed by atoms with Gasteiger partial charge in [-0.3, -0.25) is 14.0 Å². The molecule has 0 atom stereocenters. The molecule has 53 heavy (non-hydrogen) atoms. The van der Waals surface area contributed by atoms with E-state index in [1.165, 1.54) is 27.9 Å². The molecule has 2 aliphatic rings. The van der Waals surface area contributed by atoms with Crippen LogP contribution in [0.1, 0.15) is 29.3 Å². The molecule has 3 N–H and O–H groups in total. The van der Waals surface area contributed by atoms with Gasteiger partial charge in [0.15, 0.2) is 23.0 Å². The molecule has 3 amide bonds. The van der Waals surface area contributed by atoms with E-state index in [4.69, 9.17) is 5.11 Å². The van der Waals surface area contributed by atoms with E-state index in [9.17, 15) is 31.9 Å². The van der Waals surface area contributed by atoms with Crippen molar-refractivity contribution in [2.45, 2.75) is 26.4 Å². The average molecular weight is 856 g/mol. The van der Waals surface area contributed by atoms with Crippen molar-refractivity contribution in [3.05, 3.63) is 71.7 Å². The molecule has 0 spiro atoms. The number of ether oxygens (including phenoxy) is 1. The Morgan fingerprint density at radius 1 is 1.06 bits per heavy atom. The Balaban J connectivity index is 0.00000541. The fourth-order valence-electron chi connectivity index (χ4n) is 6.83. The highest BCUT2D eigenvalue weighted by Gasteiger charge is 2.39. The molecule has 18 heteroatoms. The lowest BCUT2D eigenvalue weighted by atomic mass is 9.98. The van der Waals surface area contributed by atoms with Gasteiger partial charge in [-0.05, 0) is 42.3 Å². The highest BCUT2D eigenvalue weighted by atomic mass is 127. The molecule has 4 heterocycles. The highest BCUT2D eigenvalue weighted by molar-refractivity contribution is 14.0. The van der Waals surface area contributed by atoms with Crippen molar-refractivity contribution < 1.29 is 46.3 Å². The van der Waals surface area contributed by atoms with Gasteiger partial charge in [-0.15, -0.1) is 24.0 Å². The summed E-state index contributed by atoms with van der Waals surface area (Å²) in [6.07, 6.45) is 4.04. The number of amides is 3. The van der Waals surface area contributed by atoms with E-state index in [2.05, 4.69) is 32.4 Å². The summed E-state index contributed by atoms with van der Waals surface area (Å²) in [7, 11) is 2.15. The summed E-state index contributed by atoms with van der Waals surface area (Å²) in [5.41, 5.74) is 1.99. The van der Waals surface area contributed by atoms with Crippen LogP contribution >= 0.6 is 24.0 Å². The zero-order valence-corrected chi connectivity index (χ0v) is 31.4. The average Bonchev–Trinajstić information content (AvgIpc) is 3.53. The largest absolute Gasteiger partial charge is 0.465 e. The van der Waals surface area contributed by atoms with Crippen LogP contribution in [0, 0.1) is 17.6 Å². The molecule has 13 nitrogen and oxygen atoms in total. The summed E-state index contributed by atoms with van der Waals surface area (Å²) in [5.74, 6) is -3.55. The van der Waals surface area contributed by atoms with E-state index in [1.807, 2.05) is 11.8 Å². The van der Waals surface area contributed by atoms with Crippen LogP contribution < -0.4 is 15.4 Å². The van der Waals surface area contributed by atoms with Crippen LogP contribution in [0.3, 0.4) is 0 Å². The number of halogens is 5. The number of aryl methyl sites for hydroxylation is 1. The molecule has 0 unspecified atom stereocenters. The third-order valence-corrected chi connectivity index (χ3v) is 9.68. The van der Waals surface area contributed by atoms with E-state index in [0.29, 0.717) is 49.8 Å². The number of nitrogens with one attached hydrogen (secondary N) is 2. The number of carbonyl (C=O) groups is 3. The van der Waals surface area contributed by atoms with Gasteiger partial charge in [0.25, 0.3) is 5.91 Å². The number of piperazine rings is 1. The smallest absolute Gasteiger partial charge is 0.407 e. The molecule has 6 rings (SSSR count). The van der Waals surface area contributed by atoms with Crippen LogP contribution in [0.4, 0.5) is 33.9 Å². The van der Waals surface area contributed by atoms with Crippen LogP contribution in [0.5, 0.6) is 5.75 Å². The number of fused-ring (bicyclic) bond motifs is 1. The predicted molar refractivity (Wildman–Crippen MR) is 197 cm³/mol. The lowest BCUT2D eigenvalue weighted by Gasteiger charge is -2.47. The number of nitrogens with zero attached hydrogens (tertiary/aromatic N) is 6. The molecule has 2 fully saturated rings. The Morgan fingerprint density at radius 2 is 1.79 bits per heavy atom. The summed E-state index contributed by atoms with van der Waals surface area (Å²) >= 11 is 0. The Bertz CT molecular complexity index is 1990. The lowest BCUT2D eigenvalue weighted by molar-refractivity contribution is -0.916. The van der Waals surface area contributed by atoms with Crippen LogP contribution in [0.2, 0.25) is 0 Å². The first-order valence-electron chi connectivity index (χ1n) is 16.9. The normalized spacial score (nSPS) is 15.5. The van der Waals surface area contributed by atoms with Crippen molar-refractivity contribution in [3.63, 3.8) is 0 Å². The number of aromatic nitrogens is 3. The van der Waals surface area contributed by atoms with Crippen molar-refractivity contribution in [3.8, 4) is 17.0 Å². The Hall–Kier alpha value is -4.72. The van der Waals surface area contributed by atoms with E-state index in [1.54, 1.807) is 18.2 Å². The Morgan fingerprint density at radius 3 is 2.47 bits per heavy atom. The standard InChI is InChI=1S/C35H38F4N8O5.HI/c1-3-22-16-23(43-31-32-42-17-26(46(32)11-10-40-31)25-6-7-27(52-34(38)39)30(37)29(25)36)4-5-24(22)33(49)41-9-8-28(48)44-12-14-47(2,15-13-44)20-21-18-45(19-21)35(50)51;/h4-7,10-11,16-17,21,34H,3,8-9,12-15,18-20H2,1-2H3,(H2-,40,41,43,49,50,51);1H/p+1. The fourth-order valence-corrected chi connectivity index (χ4v) is 6.83. The topological polar surface area (TPSA) is 141 Å². The quantitative estimate of drug-likeness (QED) is 0.100. The second-order valence-electron chi connectivity index (χ2n) is 13.3. The third kappa shape index (κ3) is 8.75. The minimum Gasteiger partial charge on any atom is -0.465 e. The van der Waals surface area contributed by atoms with Gasteiger partial charge in [0, 0.05) is 61.2 Å². The van der Waals surface area contributed by atoms with E-state index >= 15 is 0 Å². The fraction of sp³-hybridized carbons (Fsp3) is 0.400. The van der Waals surface area contributed by atoms with E-state index in [0.717, 1.165) is 41.8 Å². The molecule has 4 aromatic rings. The third-order valence-electron chi connectivity index (χ3n) is 9.68. The summed E-state index contributed by atoms with van der Waals surface area (Å²) in [5, 5.41) is 15.1. The second-order valence-corrected chi connectivity index (χ2v) is 13.3. The van der Waals surface area contributed by atoms with Crippen LogP contribution in [0.25, 0.3) is 16.9 Å². The van der Waals surface area contributed by atoms with Gasteiger partial charge in [0.2, 0.25) is 11.7 Å². The lowest BCUT2D eigenvalue weighted by Crippen LogP contribution is -2.63. The number of likely N-dealkylation sites (tertiary alicyclic amines) is 1. The SMILES string of the molecule is CCc1cc(Nc2nccn3c(-c4ccc(OC(F)F)c(F)c4F)cnc23)ccc1C(=O)NCCC(=O)N1CC[N+](C)(CC2CN(C(=O)O)C2)CC1.I. The number of rotatable bonds is 12. The highest BCUT2D eigenvalue weighted by Crippen LogP contribution is 2.32. The molecule has 0 aliphatic carbocycles. The first-order chi connectivity index (χ1) is 24.9. The number of carbonyl (C=O) groups excluding carboxylic acids is 2. The number of imidazole rings is 1. The first kappa shape index (κ1) is 39.5. The summed E-state index contributed by atoms with van der Waals surface area (Å²) in [6, 6.07) is 7.19. The maximum Gasteiger partial charge on any atom is 0.407 e. The van der Waals surface area contributed by atoms with Crippen molar-refractivity contribution in [2.24, 2.45) is 5.92 Å².